The van der Waals surface area contributed by atoms with Crippen LogP contribution in [0, 0.1) is 23.5 Å². The van der Waals surface area contributed by atoms with Gasteiger partial charge in [0.25, 0.3) is 0 Å². The van der Waals surface area contributed by atoms with E-state index in [2.05, 4.69) is 28.4 Å². The number of H-pyrrole nitrogens is 1. The Labute approximate surface area is 106 Å². The minimum Gasteiger partial charge on any atom is -0.329 e. The molecule has 0 aliphatic heterocycles. The van der Waals surface area contributed by atoms with E-state index in [4.69, 9.17) is 12.2 Å². The average molecular weight is 247 g/mol. The van der Waals surface area contributed by atoms with Crippen molar-refractivity contribution in [1.82, 2.24) is 14.5 Å². The highest BCUT2D eigenvalue weighted by Gasteiger charge is 2.28. The second-order valence-corrected chi connectivity index (χ2v) is 5.57. The van der Waals surface area contributed by atoms with Gasteiger partial charge in [0.2, 0.25) is 0 Å². The van der Waals surface area contributed by atoms with Crippen LogP contribution in [0.4, 0.5) is 0 Å². The standard InChI is InChI=1S/C13H17N3S/c1-8-5-6-14-12-11(8)15-13(17)16(12)7-9(2)10-3-4-10/h5-6,9-10H,3-4,7H2,1-2H3,(H,15,17). The molecular weight excluding hydrogens is 230 g/mol. The number of pyridine rings is 1. The molecule has 3 rings (SSSR count). The Morgan fingerprint density at radius 1 is 1.59 bits per heavy atom. The normalized spacial score (nSPS) is 17.5. The van der Waals surface area contributed by atoms with Gasteiger partial charge in [0.05, 0.1) is 5.52 Å². The molecule has 0 saturated heterocycles. The van der Waals surface area contributed by atoms with E-state index in [-0.39, 0.29) is 0 Å². The summed E-state index contributed by atoms with van der Waals surface area (Å²) in [6, 6.07) is 2.02. The zero-order chi connectivity index (χ0) is 12.0. The summed E-state index contributed by atoms with van der Waals surface area (Å²) in [6.07, 6.45) is 4.62. The predicted molar refractivity (Wildman–Crippen MR) is 71.5 cm³/mol. The van der Waals surface area contributed by atoms with Gasteiger partial charge in [-0.2, -0.15) is 0 Å². The van der Waals surface area contributed by atoms with Crippen molar-refractivity contribution in [3.05, 3.63) is 22.6 Å². The van der Waals surface area contributed by atoms with Crippen LogP contribution in [0.5, 0.6) is 0 Å². The number of nitrogens with one attached hydrogen (secondary N) is 1. The summed E-state index contributed by atoms with van der Waals surface area (Å²) < 4.78 is 2.95. The van der Waals surface area contributed by atoms with Crippen LogP contribution in [0.25, 0.3) is 11.2 Å². The molecule has 1 N–H and O–H groups in total. The summed E-state index contributed by atoms with van der Waals surface area (Å²) in [5.74, 6) is 1.59. The van der Waals surface area contributed by atoms with Crippen molar-refractivity contribution in [3.63, 3.8) is 0 Å². The molecule has 2 heterocycles. The van der Waals surface area contributed by atoms with Gasteiger partial charge < -0.3 is 9.55 Å². The molecule has 1 fully saturated rings. The molecule has 2 aromatic heterocycles. The van der Waals surface area contributed by atoms with E-state index in [9.17, 15) is 0 Å². The Morgan fingerprint density at radius 2 is 2.35 bits per heavy atom. The maximum absolute atomic E-state index is 5.41. The predicted octanol–water partition coefficient (Wildman–Crippen LogP) is 3.45. The Kier molecular flexibility index (Phi) is 2.54. The van der Waals surface area contributed by atoms with E-state index in [1.165, 1.54) is 18.4 Å². The van der Waals surface area contributed by atoms with Gasteiger partial charge in [-0.05, 0) is 55.4 Å². The van der Waals surface area contributed by atoms with Crippen molar-refractivity contribution in [3.8, 4) is 0 Å². The van der Waals surface area contributed by atoms with E-state index in [0.717, 1.165) is 28.4 Å². The molecule has 0 aromatic carbocycles. The lowest BCUT2D eigenvalue weighted by Crippen LogP contribution is -2.09. The number of aryl methyl sites for hydroxylation is 1. The lowest BCUT2D eigenvalue weighted by atomic mass is 10.1. The second-order valence-electron chi connectivity index (χ2n) is 5.18. The lowest BCUT2D eigenvalue weighted by Gasteiger charge is -2.11. The summed E-state index contributed by atoms with van der Waals surface area (Å²) in [6.45, 7) is 5.39. The Morgan fingerprint density at radius 3 is 3.06 bits per heavy atom. The van der Waals surface area contributed by atoms with E-state index in [0.29, 0.717) is 5.92 Å². The Hall–Kier alpha value is -1.16. The molecule has 0 amide bonds. The molecule has 1 aliphatic carbocycles. The van der Waals surface area contributed by atoms with E-state index in [1.807, 2.05) is 12.3 Å². The first-order chi connectivity index (χ1) is 8.16. The quantitative estimate of drug-likeness (QED) is 0.843. The minimum atomic E-state index is 0.697. The first-order valence-corrected chi connectivity index (χ1v) is 6.62. The smallest absolute Gasteiger partial charge is 0.179 e. The molecule has 90 valence electrons. The maximum Gasteiger partial charge on any atom is 0.179 e. The fraction of sp³-hybridized carbons (Fsp3) is 0.538. The first kappa shape index (κ1) is 11.0. The highest BCUT2D eigenvalue weighted by Crippen LogP contribution is 2.37. The first-order valence-electron chi connectivity index (χ1n) is 6.21. The third-order valence-electron chi connectivity index (χ3n) is 3.77. The molecule has 0 bridgehead atoms. The molecule has 1 atom stereocenters. The lowest BCUT2D eigenvalue weighted by molar-refractivity contribution is 0.432. The Bertz CT molecular complexity index is 607. The monoisotopic (exact) mass is 247 g/mol. The number of rotatable bonds is 3. The molecule has 2 aromatic rings. The van der Waals surface area contributed by atoms with Gasteiger partial charge >= 0.3 is 0 Å². The minimum absolute atomic E-state index is 0.697. The Balaban J connectivity index is 2.05. The zero-order valence-corrected chi connectivity index (χ0v) is 11.0. The molecule has 1 saturated carbocycles. The number of aromatic amines is 1. The summed E-state index contributed by atoms with van der Waals surface area (Å²) in [5.41, 5.74) is 3.29. The number of hydrogen-bond acceptors (Lipinski definition) is 2. The molecule has 1 aliphatic rings. The van der Waals surface area contributed by atoms with Crippen molar-refractivity contribution in [2.75, 3.05) is 0 Å². The number of imidazole rings is 1. The van der Waals surface area contributed by atoms with Crippen molar-refractivity contribution in [2.45, 2.75) is 33.2 Å². The van der Waals surface area contributed by atoms with Gasteiger partial charge in [-0.3, -0.25) is 0 Å². The number of aromatic nitrogens is 3. The molecule has 17 heavy (non-hydrogen) atoms. The zero-order valence-electron chi connectivity index (χ0n) is 10.2. The van der Waals surface area contributed by atoms with Crippen molar-refractivity contribution in [2.24, 2.45) is 11.8 Å². The number of nitrogens with zero attached hydrogens (tertiary/aromatic N) is 2. The van der Waals surface area contributed by atoms with Crippen LogP contribution in [-0.4, -0.2) is 14.5 Å². The third kappa shape index (κ3) is 1.90. The van der Waals surface area contributed by atoms with Gasteiger partial charge in [-0.25, -0.2) is 4.98 Å². The van der Waals surface area contributed by atoms with E-state index in [1.54, 1.807) is 0 Å². The molecular formula is C13H17N3S. The average Bonchev–Trinajstić information content (AvgIpc) is 3.08. The highest BCUT2D eigenvalue weighted by atomic mass is 32.1. The van der Waals surface area contributed by atoms with Gasteiger partial charge in [0, 0.05) is 12.7 Å². The summed E-state index contributed by atoms with van der Waals surface area (Å²) in [5, 5.41) is 0. The van der Waals surface area contributed by atoms with Crippen LogP contribution in [0.1, 0.15) is 25.3 Å². The van der Waals surface area contributed by atoms with Gasteiger partial charge in [-0.1, -0.05) is 6.92 Å². The van der Waals surface area contributed by atoms with Gasteiger partial charge in [-0.15, -0.1) is 0 Å². The van der Waals surface area contributed by atoms with Gasteiger partial charge in [0.1, 0.15) is 0 Å². The topological polar surface area (TPSA) is 33.6 Å². The highest BCUT2D eigenvalue weighted by molar-refractivity contribution is 7.71. The van der Waals surface area contributed by atoms with Crippen molar-refractivity contribution in [1.29, 1.82) is 0 Å². The second kappa shape index (κ2) is 3.95. The largest absolute Gasteiger partial charge is 0.329 e. The van der Waals surface area contributed by atoms with E-state index < -0.39 is 0 Å². The summed E-state index contributed by atoms with van der Waals surface area (Å²) >= 11 is 5.41. The summed E-state index contributed by atoms with van der Waals surface area (Å²) in [7, 11) is 0. The molecule has 1 unspecified atom stereocenters. The molecule has 4 heteroatoms. The van der Waals surface area contributed by atoms with Crippen LogP contribution in [0.15, 0.2) is 12.3 Å². The fourth-order valence-electron chi connectivity index (χ4n) is 2.45. The SMILES string of the molecule is Cc1ccnc2c1[nH]c(=S)n2CC(C)C1CC1. The van der Waals surface area contributed by atoms with Crippen molar-refractivity contribution < 1.29 is 0 Å². The summed E-state index contributed by atoms with van der Waals surface area (Å²) in [4.78, 5) is 7.74. The number of fused-ring (bicyclic) bond motifs is 1. The van der Waals surface area contributed by atoms with Crippen molar-refractivity contribution >= 4 is 23.4 Å². The maximum atomic E-state index is 5.41. The van der Waals surface area contributed by atoms with Gasteiger partial charge in [0.15, 0.2) is 10.4 Å². The molecule has 3 nitrogen and oxygen atoms in total. The van der Waals surface area contributed by atoms with E-state index >= 15 is 0 Å². The van der Waals surface area contributed by atoms with Crippen LogP contribution < -0.4 is 0 Å². The molecule has 0 radical (unpaired) electrons. The number of hydrogen-bond donors (Lipinski definition) is 1. The van der Waals surface area contributed by atoms with Crippen LogP contribution in [0.3, 0.4) is 0 Å². The van der Waals surface area contributed by atoms with Crippen LogP contribution >= 0.6 is 12.2 Å². The van der Waals surface area contributed by atoms with Crippen LogP contribution in [-0.2, 0) is 6.54 Å². The van der Waals surface area contributed by atoms with Crippen LogP contribution in [0.2, 0.25) is 0 Å². The third-order valence-corrected chi connectivity index (χ3v) is 4.09. The molecule has 0 spiro atoms. The fourth-order valence-corrected chi connectivity index (χ4v) is 2.71.